The number of nitrogens with one attached hydrogen (secondary N) is 1. The van der Waals surface area contributed by atoms with Gasteiger partial charge < -0.3 is 19.9 Å². The molecule has 0 radical (unpaired) electrons. The SMILES string of the molecule is O=C(Nc1cccc(COC2CCCCC2)c1)[C@@H]1CC[C@H](C(=O)O)O1. The van der Waals surface area contributed by atoms with Crippen LogP contribution in [0.5, 0.6) is 0 Å². The van der Waals surface area contributed by atoms with Gasteiger partial charge in [-0.15, -0.1) is 0 Å². The number of aliphatic carboxylic acids is 1. The van der Waals surface area contributed by atoms with E-state index in [-0.39, 0.29) is 5.91 Å². The van der Waals surface area contributed by atoms with Crippen molar-refractivity contribution in [3.05, 3.63) is 29.8 Å². The van der Waals surface area contributed by atoms with Gasteiger partial charge in [-0.05, 0) is 43.4 Å². The Morgan fingerprint density at radius 1 is 1.12 bits per heavy atom. The van der Waals surface area contributed by atoms with Crippen molar-refractivity contribution < 1.29 is 24.2 Å². The molecule has 0 aromatic heterocycles. The lowest BCUT2D eigenvalue weighted by molar-refractivity contribution is -0.150. The number of benzene rings is 1. The van der Waals surface area contributed by atoms with E-state index in [4.69, 9.17) is 14.6 Å². The first-order valence-corrected chi connectivity index (χ1v) is 9.01. The number of carboxylic acids is 1. The molecule has 2 atom stereocenters. The average molecular weight is 347 g/mol. The molecule has 1 aliphatic heterocycles. The van der Waals surface area contributed by atoms with Gasteiger partial charge in [0, 0.05) is 5.69 Å². The van der Waals surface area contributed by atoms with Gasteiger partial charge in [0.05, 0.1) is 12.7 Å². The summed E-state index contributed by atoms with van der Waals surface area (Å²) in [5.74, 6) is -1.31. The Hall–Kier alpha value is -1.92. The van der Waals surface area contributed by atoms with Crippen LogP contribution < -0.4 is 5.32 Å². The first-order chi connectivity index (χ1) is 12.1. The first-order valence-electron chi connectivity index (χ1n) is 9.01. The fourth-order valence-corrected chi connectivity index (χ4v) is 3.42. The van der Waals surface area contributed by atoms with E-state index in [1.54, 1.807) is 0 Å². The van der Waals surface area contributed by atoms with Crippen molar-refractivity contribution in [2.45, 2.75) is 69.9 Å². The van der Waals surface area contributed by atoms with Gasteiger partial charge in [-0.3, -0.25) is 4.79 Å². The maximum Gasteiger partial charge on any atom is 0.332 e. The maximum absolute atomic E-state index is 12.2. The lowest BCUT2D eigenvalue weighted by Gasteiger charge is -2.22. The predicted molar refractivity (Wildman–Crippen MR) is 92.3 cm³/mol. The second kappa shape index (κ2) is 8.45. The van der Waals surface area contributed by atoms with Gasteiger partial charge in [-0.25, -0.2) is 4.79 Å². The molecule has 0 bridgehead atoms. The van der Waals surface area contributed by atoms with Crippen molar-refractivity contribution in [2.24, 2.45) is 0 Å². The zero-order valence-corrected chi connectivity index (χ0v) is 14.3. The molecule has 1 saturated heterocycles. The molecule has 1 heterocycles. The molecule has 25 heavy (non-hydrogen) atoms. The van der Waals surface area contributed by atoms with Gasteiger partial charge in [0.2, 0.25) is 0 Å². The third-order valence-corrected chi connectivity index (χ3v) is 4.82. The Kier molecular flexibility index (Phi) is 6.04. The van der Waals surface area contributed by atoms with Crippen LogP contribution in [0.3, 0.4) is 0 Å². The monoisotopic (exact) mass is 347 g/mol. The Morgan fingerprint density at radius 3 is 2.60 bits per heavy atom. The van der Waals surface area contributed by atoms with E-state index in [1.807, 2.05) is 24.3 Å². The van der Waals surface area contributed by atoms with Crippen LogP contribution in [0.2, 0.25) is 0 Å². The molecule has 2 N–H and O–H groups in total. The molecule has 1 saturated carbocycles. The summed E-state index contributed by atoms with van der Waals surface area (Å²) in [6.07, 6.45) is 5.56. The van der Waals surface area contributed by atoms with Crippen molar-refractivity contribution in [2.75, 3.05) is 5.32 Å². The van der Waals surface area contributed by atoms with Crippen LogP contribution in [-0.4, -0.2) is 35.3 Å². The van der Waals surface area contributed by atoms with E-state index < -0.39 is 18.2 Å². The summed E-state index contributed by atoms with van der Waals surface area (Å²) in [6, 6.07) is 7.56. The normalized spacial score (nSPS) is 24.2. The van der Waals surface area contributed by atoms with E-state index >= 15 is 0 Å². The van der Waals surface area contributed by atoms with Crippen molar-refractivity contribution in [3.63, 3.8) is 0 Å². The average Bonchev–Trinajstić information content (AvgIpc) is 3.12. The standard InChI is InChI=1S/C19H25NO5/c21-18(16-9-10-17(25-16)19(22)23)20-14-6-4-5-13(11-14)12-24-15-7-2-1-3-8-15/h4-6,11,15-17H,1-3,7-10,12H2,(H,20,21)(H,22,23)/t16-,17+/m0/s1. The smallest absolute Gasteiger partial charge is 0.332 e. The molecular weight excluding hydrogens is 322 g/mol. The maximum atomic E-state index is 12.2. The minimum Gasteiger partial charge on any atom is -0.479 e. The van der Waals surface area contributed by atoms with E-state index in [1.165, 1.54) is 19.3 Å². The first kappa shape index (κ1) is 17.9. The molecule has 136 valence electrons. The highest BCUT2D eigenvalue weighted by Gasteiger charge is 2.34. The van der Waals surface area contributed by atoms with Crippen LogP contribution in [0.15, 0.2) is 24.3 Å². The Morgan fingerprint density at radius 2 is 1.88 bits per heavy atom. The summed E-state index contributed by atoms with van der Waals surface area (Å²) in [7, 11) is 0. The lowest BCUT2D eigenvalue weighted by Crippen LogP contribution is -2.29. The number of carboxylic acid groups (broad SMARTS) is 1. The van der Waals surface area contributed by atoms with Gasteiger partial charge >= 0.3 is 5.97 Å². The van der Waals surface area contributed by atoms with Gasteiger partial charge in [0.25, 0.3) is 5.91 Å². The lowest BCUT2D eigenvalue weighted by atomic mass is 9.98. The zero-order chi connectivity index (χ0) is 17.6. The summed E-state index contributed by atoms with van der Waals surface area (Å²) in [4.78, 5) is 23.1. The van der Waals surface area contributed by atoms with E-state index in [0.717, 1.165) is 18.4 Å². The van der Waals surface area contributed by atoms with Crippen LogP contribution in [0.25, 0.3) is 0 Å². The third-order valence-electron chi connectivity index (χ3n) is 4.82. The molecule has 2 aliphatic rings. The molecule has 1 aromatic carbocycles. The minimum atomic E-state index is -1.02. The topological polar surface area (TPSA) is 84.9 Å². The minimum absolute atomic E-state index is 0.297. The summed E-state index contributed by atoms with van der Waals surface area (Å²) in [5, 5.41) is 11.7. The number of hydrogen-bond donors (Lipinski definition) is 2. The predicted octanol–water partition coefficient (Wildman–Crippen LogP) is 3.11. The molecule has 2 fully saturated rings. The van der Waals surface area contributed by atoms with Gasteiger partial charge in [-0.1, -0.05) is 31.4 Å². The van der Waals surface area contributed by atoms with Gasteiger partial charge in [-0.2, -0.15) is 0 Å². The van der Waals surface area contributed by atoms with E-state index in [0.29, 0.717) is 31.2 Å². The summed E-state index contributed by atoms with van der Waals surface area (Å²) >= 11 is 0. The number of carbonyl (C=O) groups excluding carboxylic acids is 1. The quantitative estimate of drug-likeness (QED) is 0.826. The zero-order valence-electron chi connectivity index (χ0n) is 14.3. The molecule has 6 nitrogen and oxygen atoms in total. The van der Waals surface area contributed by atoms with Crippen molar-refractivity contribution in [1.29, 1.82) is 0 Å². The molecule has 1 aliphatic carbocycles. The number of carbonyl (C=O) groups is 2. The van der Waals surface area contributed by atoms with Crippen molar-refractivity contribution in [1.82, 2.24) is 0 Å². The van der Waals surface area contributed by atoms with Gasteiger partial charge in [0.1, 0.15) is 6.10 Å². The van der Waals surface area contributed by atoms with Crippen LogP contribution in [-0.2, 0) is 25.7 Å². The number of rotatable bonds is 6. The molecule has 0 spiro atoms. The Bertz CT molecular complexity index is 612. The highest BCUT2D eigenvalue weighted by molar-refractivity contribution is 5.94. The number of anilines is 1. The molecule has 3 rings (SSSR count). The van der Waals surface area contributed by atoms with E-state index in [9.17, 15) is 9.59 Å². The molecular formula is C19H25NO5. The molecule has 1 aromatic rings. The molecule has 6 heteroatoms. The largest absolute Gasteiger partial charge is 0.479 e. The Labute approximate surface area is 147 Å². The molecule has 0 unspecified atom stereocenters. The highest BCUT2D eigenvalue weighted by Crippen LogP contribution is 2.23. The second-order valence-electron chi connectivity index (χ2n) is 6.79. The Balaban J connectivity index is 1.51. The highest BCUT2D eigenvalue weighted by atomic mass is 16.5. The fraction of sp³-hybridized carbons (Fsp3) is 0.579. The fourth-order valence-electron chi connectivity index (χ4n) is 3.42. The van der Waals surface area contributed by atoms with Crippen LogP contribution in [0.1, 0.15) is 50.5 Å². The summed E-state index contributed by atoms with van der Waals surface area (Å²) in [5.41, 5.74) is 1.69. The van der Waals surface area contributed by atoms with Crippen LogP contribution in [0.4, 0.5) is 5.69 Å². The second-order valence-corrected chi connectivity index (χ2v) is 6.79. The van der Waals surface area contributed by atoms with Crippen molar-refractivity contribution in [3.8, 4) is 0 Å². The molecule has 1 amide bonds. The summed E-state index contributed by atoms with van der Waals surface area (Å²) in [6.45, 7) is 0.537. The van der Waals surface area contributed by atoms with Crippen LogP contribution in [0, 0.1) is 0 Å². The van der Waals surface area contributed by atoms with Crippen molar-refractivity contribution >= 4 is 17.6 Å². The van der Waals surface area contributed by atoms with E-state index in [2.05, 4.69) is 5.32 Å². The summed E-state index contributed by atoms with van der Waals surface area (Å²) < 4.78 is 11.2. The number of amides is 1. The number of hydrogen-bond acceptors (Lipinski definition) is 4. The van der Waals surface area contributed by atoms with Crippen LogP contribution >= 0.6 is 0 Å². The third kappa shape index (κ3) is 5.03. The van der Waals surface area contributed by atoms with Gasteiger partial charge in [0.15, 0.2) is 6.10 Å². The number of ether oxygens (including phenoxy) is 2.